The minimum Gasteiger partial charge on any atom is -0.312 e. The molecule has 0 bridgehead atoms. The Kier molecular flexibility index (Phi) is 4.77. The fourth-order valence-corrected chi connectivity index (χ4v) is 3.21. The van der Waals surface area contributed by atoms with Crippen LogP contribution in [0.15, 0.2) is 24.3 Å². The van der Waals surface area contributed by atoms with Gasteiger partial charge < -0.3 is 4.90 Å². The number of nitrogens with zero attached hydrogens (tertiary/aromatic N) is 1. The first-order valence-corrected chi connectivity index (χ1v) is 8.30. The van der Waals surface area contributed by atoms with E-state index in [2.05, 4.69) is 32.9 Å². The van der Waals surface area contributed by atoms with Crippen LogP contribution in [0.3, 0.4) is 0 Å². The van der Waals surface area contributed by atoms with Crippen molar-refractivity contribution in [1.82, 2.24) is 0 Å². The Bertz CT molecular complexity index is 531. The monoisotopic (exact) mass is 305 g/mol. The van der Waals surface area contributed by atoms with Gasteiger partial charge in [-0.1, -0.05) is 44.7 Å². The SMILES string of the molecule is CC(=O)SCC1CC(=O)N(c2ccc(C(C)(C)C)cc2)C1. The summed E-state index contributed by atoms with van der Waals surface area (Å²) in [6.45, 7) is 8.83. The molecule has 1 aromatic carbocycles. The standard InChI is InChI=1S/C17H23NO2S/c1-12(19)21-11-13-9-16(20)18(10-13)15-7-5-14(6-8-15)17(2,3)4/h5-8,13H,9-11H2,1-4H3. The molecule has 1 atom stereocenters. The number of hydrogen-bond acceptors (Lipinski definition) is 3. The second-order valence-electron chi connectivity index (χ2n) is 6.67. The highest BCUT2D eigenvalue weighted by Crippen LogP contribution is 2.29. The summed E-state index contributed by atoms with van der Waals surface area (Å²) in [6, 6.07) is 8.25. The predicted octanol–water partition coefficient (Wildman–Crippen LogP) is 3.62. The van der Waals surface area contributed by atoms with Crippen molar-refractivity contribution in [3.8, 4) is 0 Å². The van der Waals surface area contributed by atoms with Crippen molar-refractivity contribution in [3.05, 3.63) is 29.8 Å². The van der Waals surface area contributed by atoms with Crippen molar-refractivity contribution in [3.63, 3.8) is 0 Å². The molecule has 114 valence electrons. The Morgan fingerprint density at radius 1 is 1.29 bits per heavy atom. The minimum atomic E-state index is 0.119. The average molecular weight is 305 g/mol. The van der Waals surface area contributed by atoms with Crippen LogP contribution < -0.4 is 4.90 Å². The summed E-state index contributed by atoms with van der Waals surface area (Å²) in [6.07, 6.45) is 0.543. The van der Waals surface area contributed by atoms with Crippen LogP contribution in [0.5, 0.6) is 0 Å². The third kappa shape index (κ3) is 4.10. The second kappa shape index (κ2) is 6.22. The normalized spacial score (nSPS) is 19.1. The van der Waals surface area contributed by atoms with Crippen LogP contribution in [-0.4, -0.2) is 23.3 Å². The van der Waals surface area contributed by atoms with Crippen LogP contribution in [0.1, 0.15) is 39.7 Å². The van der Waals surface area contributed by atoms with Crippen LogP contribution in [0.2, 0.25) is 0 Å². The summed E-state index contributed by atoms with van der Waals surface area (Å²) < 4.78 is 0. The Morgan fingerprint density at radius 2 is 1.90 bits per heavy atom. The van der Waals surface area contributed by atoms with Gasteiger partial charge in [-0.15, -0.1) is 0 Å². The molecule has 3 nitrogen and oxygen atoms in total. The Morgan fingerprint density at radius 3 is 2.43 bits per heavy atom. The summed E-state index contributed by atoms with van der Waals surface area (Å²) in [4.78, 5) is 25.0. The molecule has 0 aromatic heterocycles. The number of rotatable bonds is 3. The van der Waals surface area contributed by atoms with Gasteiger partial charge >= 0.3 is 0 Å². The van der Waals surface area contributed by atoms with Gasteiger partial charge in [0.2, 0.25) is 5.91 Å². The predicted molar refractivity (Wildman–Crippen MR) is 88.7 cm³/mol. The van der Waals surface area contributed by atoms with Crippen molar-refractivity contribution >= 4 is 28.5 Å². The first kappa shape index (κ1) is 16.1. The average Bonchev–Trinajstić information content (AvgIpc) is 2.77. The van der Waals surface area contributed by atoms with Crippen molar-refractivity contribution in [2.75, 3.05) is 17.2 Å². The lowest BCUT2D eigenvalue weighted by molar-refractivity contribution is -0.117. The molecule has 4 heteroatoms. The van der Waals surface area contributed by atoms with E-state index >= 15 is 0 Å². The molecule has 1 aromatic rings. The number of anilines is 1. The molecule has 1 aliphatic heterocycles. The van der Waals surface area contributed by atoms with E-state index in [4.69, 9.17) is 0 Å². The molecule has 1 saturated heterocycles. The van der Waals surface area contributed by atoms with Crippen molar-refractivity contribution in [2.45, 2.75) is 39.5 Å². The first-order valence-electron chi connectivity index (χ1n) is 7.31. The molecule has 0 radical (unpaired) electrons. The first-order chi connectivity index (χ1) is 9.77. The number of benzene rings is 1. The smallest absolute Gasteiger partial charge is 0.227 e. The maximum Gasteiger partial charge on any atom is 0.227 e. The molecule has 1 unspecified atom stereocenters. The summed E-state index contributed by atoms with van der Waals surface area (Å²) in [5.74, 6) is 1.17. The van der Waals surface area contributed by atoms with Gasteiger partial charge in [-0.2, -0.15) is 0 Å². The van der Waals surface area contributed by atoms with E-state index in [1.165, 1.54) is 17.3 Å². The molecule has 1 fully saturated rings. The number of hydrogen-bond donors (Lipinski definition) is 0. The molecule has 0 spiro atoms. The topological polar surface area (TPSA) is 37.4 Å². The third-order valence-corrected chi connectivity index (χ3v) is 4.82. The zero-order valence-corrected chi connectivity index (χ0v) is 14.0. The Balaban J connectivity index is 2.05. The molecular weight excluding hydrogens is 282 g/mol. The van der Waals surface area contributed by atoms with E-state index in [0.29, 0.717) is 13.0 Å². The highest BCUT2D eigenvalue weighted by Gasteiger charge is 2.30. The molecule has 2 rings (SSSR count). The molecule has 21 heavy (non-hydrogen) atoms. The van der Waals surface area contributed by atoms with Gasteiger partial charge in [0.1, 0.15) is 0 Å². The van der Waals surface area contributed by atoms with Gasteiger partial charge in [0, 0.05) is 31.3 Å². The number of carbonyl (C=O) groups excluding carboxylic acids is 2. The van der Waals surface area contributed by atoms with Gasteiger partial charge in [-0.25, -0.2) is 0 Å². The van der Waals surface area contributed by atoms with Crippen LogP contribution in [0.25, 0.3) is 0 Å². The largest absolute Gasteiger partial charge is 0.312 e. The summed E-state index contributed by atoms with van der Waals surface area (Å²) in [5, 5.41) is 0.121. The highest BCUT2D eigenvalue weighted by molar-refractivity contribution is 8.13. The second-order valence-corrected chi connectivity index (χ2v) is 7.87. The van der Waals surface area contributed by atoms with E-state index in [-0.39, 0.29) is 22.4 Å². The number of amides is 1. The van der Waals surface area contributed by atoms with Crippen LogP contribution in [-0.2, 0) is 15.0 Å². The lowest BCUT2D eigenvalue weighted by Gasteiger charge is -2.21. The molecule has 0 N–H and O–H groups in total. The highest BCUT2D eigenvalue weighted by atomic mass is 32.2. The maximum absolute atomic E-state index is 12.1. The number of thioether (sulfide) groups is 1. The van der Waals surface area contributed by atoms with Gasteiger partial charge in [0.15, 0.2) is 5.12 Å². The Labute approximate surface area is 131 Å². The van der Waals surface area contributed by atoms with E-state index < -0.39 is 0 Å². The Hall–Kier alpha value is -1.29. The summed E-state index contributed by atoms with van der Waals surface area (Å²) in [7, 11) is 0. The lowest BCUT2D eigenvalue weighted by Crippen LogP contribution is -2.25. The van der Waals surface area contributed by atoms with Crippen molar-refractivity contribution in [2.24, 2.45) is 5.92 Å². The molecule has 1 aliphatic rings. The van der Waals surface area contributed by atoms with Gasteiger partial charge in [0.05, 0.1) is 0 Å². The molecule has 0 aliphatic carbocycles. The van der Waals surface area contributed by atoms with E-state index in [1.54, 1.807) is 6.92 Å². The summed E-state index contributed by atoms with van der Waals surface area (Å²) >= 11 is 1.32. The molecule has 1 heterocycles. The molecule has 0 saturated carbocycles. The fraction of sp³-hybridized carbons (Fsp3) is 0.529. The van der Waals surface area contributed by atoms with Gasteiger partial charge in [-0.05, 0) is 29.0 Å². The summed E-state index contributed by atoms with van der Waals surface area (Å²) in [5.41, 5.74) is 2.35. The third-order valence-electron chi connectivity index (χ3n) is 3.77. The molecule has 1 amide bonds. The van der Waals surface area contributed by atoms with E-state index in [1.807, 2.05) is 17.0 Å². The maximum atomic E-state index is 12.1. The van der Waals surface area contributed by atoms with Crippen LogP contribution in [0, 0.1) is 5.92 Å². The fourth-order valence-electron chi connectivity index (χ4n) is 2.52. The van der Waals surface area contributed by atoms with E-state index in [9.17, 15) is 9.59 Å². The van der Waals surface area contributed by atoms with Gasteiger partial charge in [-0.3, -0.25) is 9.59 Å². The minimum absolute atomic E-state index is 0.119. The van der Waals surface area contributed by atoms with Gasteiger partial charge in [0.25, 0.3) is 0 Å². The number of carbonyl (C=O) groups is 2. The van der Waals surface area contributed by atoms with Crippen molar-refractivity contribution < 1.29 is 9.59 Å². The zero-order valence-electron chi connectivity index (χ0n) is 13.2. The van der Waals surface area contributed by atoms with Crippen LogP contribution in [0.4, 0.5) is 5.69 Å². The van der Waals surface area contributed by atoms with Crippen molar-refractivity contribution in [1.29, 1.82) is 0 Å². The molecular formula is C17H23NO2S. The quantitative estimate of drug-likeness (QED) is 0.856. The van der Waals surface area contributed by atoms with E-state index in [0.717, 1.165) is 11.4 Å². The van der Waals surface area contributed by atoms with Crippen LogP contribution >= 0.6 is 11.8 Å². The lowest BCUT2D eigenvalue weighted by atomic mass is 9.87. The zero-order chi connectivity index (χ0) is 15.6.